The zero-order valence-electron chi connectivity index (χ0n) is 13.6. The summed E-state index contributed by atoms with van der Waals surface area (Å²) in [5, 5.41) is 6.71. The monoisotopic (exact) mass is 339 g/mol. The summed E-state index contributed by atoms with van der Waals surface area (Å²) in [7, 11) is -0.216. The number of nitrogens with one attached hydrogen (secondary N) is 1. The van der Waals surface area contributed by atoms with Crippen LogP contribution in [-0.2, 0) is 24.1 Å². The number of aromatic nitrogens is 3. The van der Waals surface area contributed by atoms with Crippen LogP contribution in [0.25, 0.3) is 0 Å². The van der Waals surface area contributed by atoms with Crippen molar-refractivity contribution < 1.29 is 13.2 Å². The van der Waals surface area contributed by atoms with Crippen LogP contribution in [0.15, 0.2) is 29.4 Å². The third kappa shape index (κ3) is 3.45. The second kappa shape index (κ2) is 6.55. The van der Waals surface area contributed by atoms with Crippen LogP contribution >= 0.6 is 0 Å². The first-order chi connectivity index (χ1) is 10.8. The van der Waals surface area contributed by atoms with Gasteiger partial charge in [0, 0.05) is 45.6 Å². The molecule has 8 nitrogen and oxygen atoms in total. The molecule has 0 saturated heterocycles. The van der Waals surface area contributed by atoms with Gasteiger partial charge >= 0.3 is 0 Å². The molecule has 0 saturated carbocycles. The van der Waals surface area contributed by atoms with Gasteiger partial charge in [-0.25, -0.2) is 8.42 Å². The SMILES string of the molecule is CCN(CC)S(=O)(=O)c1cc(C(=O)Nc2ccn(C)n2)n(C)c1. The van der Waals surface area contributed by atoms with E-state index in [0.29, 0.717) is 18.9 Å². The van der Waals surface area contributed by atoms with Gasteiger partial charge in [-0.1, -0.05) is 13.8 Å². The van der Waals surface area contributed by atoms with E-state index in [-0.39, 0.29) is 10.6 Å². The average molecular weight is 339 g/mol. The van der Waals surface area contributed by atoms with E-state index >= 15 is 0 Å². The molecule has 0 unspecified atom stereocenters. The lowest BCUT2D eigenvalue weighted by molar-refractivity contribution is 0.101. The topological polar surface area (TPSA) is 89.2 Å². The van der Waals surface area contributed by atoms with E-state index in [0.717, 1.165) is 0 Å². The minimum atomic E-state index is -3.59. The van der Waals surface area contributed by atoms with Crippen molar-refractivity contribution in [1.29, 1.82) is 0 Å². The lowest BCUT2D eigenvalue weighted by Gasteiger charge is -2.17. The number of amides is 1. The molecule has 2 rings (SSSR count). The molecule has 2 aromatic heterocycles. The molecule has 2 heterocycles. The summed E-state index contributed by atoms with van der Waals surface area (Å²) < 4.78 is 29.4. The number of anilines is 1. The quantitative estimate of drug-likeness (QED) is 0.851. The Morgan fingerprint density at radius 1 is 1.30 bits per heavy atom. The van der Waals surface area contributed by atoms with Crippen LogP contribution in [-0.4, -0.2) is 46.1 Å². The molecule has 0 spiro atoms. The molecule has 0 aliphatic rings. The van der Waals surface area contributed by atoms with E-state index in [1.165, 1.54) is 21.1 Å². The second-order valence-electron chi connectivity index (χ2n) is 5.09. The Bertz CT molecular complexity index is 802. The lowest BCUT2D eigenvalue weighted by atomic mass is 10.4. The van der Waals surface area contributed by atoms with Crippen molar-refractivity contribution in [1.82, 2.24) is 18.7 Å². The summed E-state index contributed by atoms with van der Waals surface area (Å²) in [6.07, 6.45) is 3.15. The van der Waals surface area contributed by atoms with Crippen LogP contribution in [0.1, 0.15) is 24.3 Å². The third-order valence-corrected chi connectivity index (χ3v) is 5.53. The first-order valence-corrected chi connectivity index (χ1v) is 8.71. The highest BCUT2D eigenvalue weighted by Gasteiger charge is 2.25. The Morgan fingerprint density at radius 3 is 2.48 bits per heavy atom. The fraction of sp³-hybridized carbons (Fsp3) is 0.429. The van der Waals surface area contributed by atoms with E-state index in [9.17, 15) is 13.2 Å². The Balaban J connectivity index is 2.29. The maximum Gasteiger partial charge on any atom is 0.273 e. The Kier molecular flexibility index (Phi) is 4.90. The number of hydrogen-bond acceptors (Lipinski definition) is 4. The largest absolute Gasteiger partial charge is 0.345 e. The molecule has 9 heteroatoms. The molecule has 0 atom stereocenters. The minimum Gasteiger partial charge on any atom is -0.345 e. The Labute approximate surface area is 135 Å². The van der Waals surface area contributed by atoms with E-state index < -0.39 is 15.9 Å². The van der Waals surface area contributed by atoms with Crippen LogP contribution in [0, 0.1) is 0 Å². The first kappa shape index (κ1) is 17.2. The van der Waals surface area contributed by atoms with E-state index in [1.807, 2.05) is 0 Å². The maximum atomic E-state index is 12.5. The van der Waals surface area contributed by atoms with E-state index in [4.69, 9.17) is 0 Å². The second-order valence-corrected chi connectivity index (χ2v) is 7.03. The highest BCUT2D eigenvalue weighted by molar-refractivity contribution is 7.89. The number of hydrogen-bond donors (Lipinski definition) is 1. The smallest absolute Gasteiger partial charge is 0.273 e. The van der Waals surface area contributed by atoms with E-state index in [1.54, 1.807) is 44.9 Å². The van der Waals surface area contributed by atoms with Gasteiger partial charge < -0.3 is 9.88 Å². The summed E-state index contributed by atoms with van der Waals surface area (Å²) >= 11 is 0. The zero-order chi connectivity index (χ0) is 17.2. The lowest BCUT2D eigenvalue weighted by Crippen LogP contribution is -2.30. The number of rotatable bonds is 6. The third-order valence-electron chi connectivity index (χ3n) is 3.51. The molecule has 0 radical (unpaired) electrons. The molecule has 23 heavy (non-hydrogen) atoms. The van der Waals surface area contributed by atoms with Crippen LogP contribution in [0.4, 0.5) is 5.82 Å². The highest BCUT2D eigenvalue weighted by atomic mass is 32.2. The van der Waals surface area contributed by atoms with Gasteiger partial charge in [-0.3, -0.25) is 9.48 Å². The average Bonchev–Trinajstić information content (AvgIpc) is 3.06. The maximum absolute atomic E-state index is 12.5. The van der Waals surface area contributed by atoms with Crippen molar-refractivity contribution in [2.75, 3.05) is 18.4 Å². The van der Waals surface area contributed by atoms with Gasteiger partial charge in [-0.15, -0.1) is 0 Å². The van der Waals surface area contributed by atoms with Gasteiger partial charge in [-0.05, 0) is 6.07 Å². The summed E-state index contributed by atoms with van der Waals surface area (Å²) in [5.74, 6) is -0.000882. The van der Waals surface area contributed by atoms with Crippen molar-refractivity contribution in [3.05, 3.63) is 30.2 Å². The molecular formula is C14H21N5O3S. The summed E-state index contributed by atoms with van der Waals surface area (Å²) in [5.41, 5.74) is 0.251. The number of aryl methyl sites for hydroxylation is 2. The van der Waals surface area contributed by atoms with Gasteiger partial charge in [0.1, 0.15) is 10.6 Å². The molecule has 1 N–H and O–H groups in total. The van der Waals surface area contributed by atoms with Gasteiger partial charge in [0.05, 0.1) is 0 Å². The molecule has 0 aliphatic heterocycles. The molecule has 126 valence electrons. The number of carbonyl (C=O) groups excluding carboxylic acids is 1. The molecule has 0 aromatic carbocycles. The van der Waals surface area contributed by atoms with Crippen molar-refractivity contribution >= 4 is 21.7 Å². The van der Waals surface area contributed by atoms with Crippen LogP contribution in [0.2, 0.25) is 0 Å². The summed E-state index contributed by atoms with van der Waals surface area (Å²) in [6, 6.07) is 3.04. The fourth-order valence-corrected chi connectivity index (χ4v) is 3.81. The van der Waals surface area contributed by atoms with Crippen molar-refractivity contribution in [3.63, 3.8) is 0 Å². The first-order valence-electron chi connectivity index (χ1n) is 7.27. The number of sulfonamides is 1. The Morgan fingerprint density at radius 2 is 1.96 bits per heavy atom. The van der Waals surface area contributed by atoms with Gasteiger partial charge in [0.25, 0.3) is 5.91 Å². The van der Waals surface area contributed by atoms with Crippen LogP contribution < -0.4 is 5.32 Å². The molecule has 0 bridgehead atoms. The zero-order valence-corrected chi connectivity index (χ0v) is 14.5. The van der Waals surface area contributed by atoms with Crippen LogP contribution in [0.5, 0.6) is 0 Å². The molecule has 0 aliphatic carbocycles. The highest BCUT2D eigenvalue weighted by Crippen LogP contribution is 2.19. The minimum absolute atomic E-state index is 0.106. The van der Waals surface area contributed by atoms with Crippen molar-refractivity contribution in [2.24, 2.45) is 14.1 Å². The summed E-state index contributed by atoms with van der Waals surface area (Å²) in [6.45, 7) is 4.31. The molecule has 1 amide bonds. The predicted octanol–water partition coefficient (Wildman–Crippen LogP) is 1.04. The fourth-order valence-electron chi connectivity index (χ4n) is 2.28. The number of nitrogens with zero attached hydrogens (tertiary/aromatic N) is 4. The molecule has 0 fully saturated rings. The van der Waals surface area contributed by atoms with Crippen molar-refractivity contribution in [3.8, 4) is 0 Å². The standard InChI is InChI=1S/C14H21N5O3S/c1-5-19(6-2)23(21,22)11-9-12(17(3)10-11)14(20)15-13-7-8-18(4)16-13/h7-10H,5-6H2,1-4H3,(H,15,16,20). The predicted molar refractivity (Wildman–Crippen MR) is 86.7 cm³/mol. The van der Waals surface area contributed by atoms with Gasteiger partial charge in [0.2, 0.25) is 10.0 Å². The number of carbonyl (C=O) groups is 1. The normalized spacial score (nSPS) is 11.9. The molecule has 2 aromatic rings. The molecular weight excluding hydrogens is 318 g/mol. The Hall–Kier alpha value is -2.13. The van der Waals surface area contributed by atoms with Crippen LogP contribution in [0.3, 0.4) is 0 Å². The van der Waals surface area contributed by atoms with Gasteiger partial charge in [-0.2, -0.15) is 9.40 Å². The summed E-state index contributed by atoms with van der Waals surface area (Å²) in [4.78, 5) is 12.4. The van der Waals surface area contributed by atoms with Gasteiger partial charge in [0.15, 0.2) is 5.82 Å². The van der Waals surface area contributed by atoms with Crippen molar-refractivity contribution in [2.45, 2.75) is 18.7 Å². The van der Waals surface area contributed by atoms with E-state index in [2.05, 4.69) is 10.4 Å².